The molecule has 0 amide bonds. The van der Waals surface area contributed by atoms with Gasteiger partial charge in [-0.2, -0.15) is 22.0 Å². The topological polar surface area (TPSA) is 35.0 Å². The van der Waals surface area contributed by atoms with E-state index in [0.29, 0.717) is 54.7 Å². The Morgan fingerprint density at radius 1 is 0.750 bits per heavy atom. The first-order valence-electron chi connectivity index (χ1n) is 13.6. The van der Waals surface area contributed by atoms with Crippen LogP contribution in [0.15, 0.2) is 73.6 Å². The Balaban J connectivity index is 1.42. The van der Waals surface area contributed by atoms with Gasteiger partial charge in [0.1, 0.15) is 40.4 Å². The number of hydrogen-bond donors (Lipinski definition) is 0. The minimum absolute atomic E-state index is 0.144. The molecule has 0 atom stereocenters. The Labute approximate surface area is 264 Å². The van der Waals surface area contributed by atoms with Gasteiger partial charge in [0.15, 0.2) is 11.6 Å². The van der Waals surface area contributed by atoms with Crippen molar-refractivity contribution in [3.63, 3.8) is 0 Å². The van der Waals surface area contributed by atoms with Gasteiger partial charge in [-0.25, -0.2) is 36.3 Å². The van der Waals surface area contributed by atoms with E-state index < -0.39 is 80.4 Å². The number of aromatic nitrogens is 2. The molecule has 0 aliphatic heterocycles. The van der Waals surface area contributed by atoms with Crippen molar-refractivity contribution in [3.8, 4) is 40.1 Å². The van der Waals surface area contributed by atoms with Gasteiger partial charge in [0, 0.05) is 35.5 Å². The van der Waals surface area contributed by atoms with Crippen LogP contribution in [0.5, 0.6) is 5.75 Å². The van der Waals surface area contributed by atoms with Crippen LogP contribution in [0.4, 0.5) is 48.3 Å². The van der Waals surface area contributed by atoms with Gasteiger partial charge in [-0.3, -0.25) is 0 Å². The van der Waals surface area contributed by atoms with Crippen molar-refractivity contribution in [2.24, 2.45) is 0 Å². The minimum atomic E-state index is -5.09. The summed E-state index contributed by atoms with van der Waals surface area (Å²) >= 11 is 0. The van der Waals surface area contributed by atoms with Gasteiger partial charge in [-0.15, -0.1) is 6.58 Å². The number of alkyl halides is 5. The van der Waals surface area contributed by atoms with E-state index in [2.05, 4.69) is 21.3 Å². The summed E-state index contributed by atoms with van der Waals surface area (Å²) in [6.07, 6.45) is -4.09. The summed E-state index contributed by atoms with van der Waals surface area (Å²) < 4.78 is 161. The summed E-state index contributed by atoms with van der Waals surface area (Å²) in [4.78, 5) is 7.99. The summed E-state index contributed by atoms with van der Waals surface area (Å²) in [6, 6.07) is 5.08. The van der Waals surface area contributed by atoms with E-state index in [9.17, 15) is 35.1 Å². The Kier molecular flexibility index (Phi) is 9.17. The quantitative estimate of drug-likeness (QED) is 0.0932. The molecule has 4 aromatic carbocycles. The Bertz CT molecular complexity index is 2090. The highest BCUT2D eigenvalue weighted by molar-refractivity contribution is 5.90. The summed E-state index contributed by atoms with van der Waals surface area (Å²) in [5.74, 6) is -8.56. The molecular formula is C34H17F11N2O. The molecule has 5 rings (SSSR count). The van der Waals surface area contributed by atoms with Crippen molar-refractivity contribution in [2.45, 2.75) is 25.1 Å². The van der Waals surface area contributed by atoms with Crippen molar-refractivity contribution in [1.29, 1.82) is 0 Å². The van der Waals surface area contributed by atoms with Gasteiger partial charge in [0.2, 0.25) is 0 Å². The number of rotatable bonds is 8. The molecule has 48 heavy (non-hydrogen) atoms. The van der Waals surface area contributed by atoms with Gasteiger partial charge >= 0.3 is 12.3 Å². The lowest BCUT2D eigenvalue weighted by molar-refractivity contribution is -0.189. The highest BCUT2D eigenvalue weighted by Gasteiger charge is 2.41. The third-order valence-electron chi connectivity index (χ3n) is 6.84. The Hall–Kier alpha value is -5.45. The summed E-state index contributed by atoms with van der Waals surface area (Å²) in [5, 5.41) is -1.46. The maximum atomic E-state index is 15.1. The zero-order valence-electron chi connectivity index (χ0n) is 23.9. The van der Waals surface area contributed by atoms with Crippen LogP contribution < -0.4 is 4.74 Å². The first-order valence-corrected chi connectivity index (χ1v) is 13.6. The summed E-state index contributed by atoms with van der Waals surface area (Å²) in [6.45, 7) is 3.59. The number of halogens is 11. The van der Waals surface area contributed by atoms with Crippen molar-refractivity contribution < 1.29 is 53.0 Å². The van der Waals surface area contributed by atoms with Crippen LogP contribution in [0.1, 0.15) is 23.1 Å². The maximum absolute atomic E-state index is 15.1. The molecule has 0 radical (unpaired) electrons. The third kappa shape index (κ3) is 7.10. The fourth-order valence-corrected chi connectivity index (χ4v) is 4.69. The monoisotopic (exact) mass is 678 g/mol. The zero-order valence-corrected chi connectivity index (χ0v) is 23.9. The van der Waals surface area contributed by atoms with Gasteiger partial charge in [-0.1, -0.05) is 12.0 Å². The Morgan fingerprint density at radius 2 is 1.40 bits per heavy atom. The highest BCUT2D eigenvalue weighted by Crippen LogP contribution is 2.39. The van der Waals surface area contributed by atoms with Crippen molar-refractivity contribution in [1.82, 2.24) is 9.97 Å². The van der Waals surface area contributed by atoms with E-state index in [4.69, 9.17) is 0 Å². The molecule has 1 heterocycles. The normalized spacial score (nSPS) is 11.7. The smallest absolute Gasteiger partial charge is 0.429 e. The molecule has 1 aromatic heterocycles. The highest BCUT2D eigenvalue weighted by atomic mass is 19.4. The van der Waals surface area contributed by atoms with E-state index in [-0.39, 0.29) is 17.0 Å². The SMILES string of the molecule is C=CCCc1cnc(-c2cc(F)c(C(F)(F)Oc3ccc(-c4cc(F)c5c(F)c(C#CC(F)(F)F)c(F)cc5c4)c(F)c3)c(F)c2)nc1. The number of aryl methyl sites for hydroxylation is 1. The van der Waals surface area contributed by atoms with Crippen LogP contribution in [-0.4, -0.2) is 16.1 Å². The molecule has 3 nitrogen and oxygen atoms in total. The second kappa shape index (κ2) is 13.0. The number of fused-ring (bicyclic) bond motifs is 1. The van der Waals surface area contributed by atoms with E-state index in [1.54, 1.807) is 6.08 Å². The molecular weight excluding hydrogens is 661 g/mol. The lowest BCUT2D eigenvalue weighted by atomic mass is 9.98. The summed E-state index contributed by atoms with van der Waals surface area (Å²) in [5.41, 5.74) is -3.51. The number of hydrogen-bond acceptors (Lipinski definition) is 3. The molecule has 0 spiro atoms. The molecule has 0 saturated carbocycles. The van der Waals surface area contributed by atoms with Gasteiger partial charge in [0.25, 0.3) is 0 Å². The van der Waals surface area contributed by atoms with E-state index in [0.717, 1.165) is 18.2 Å². The van der Waals surface area contributed by atoms with Crippen LogP contribution in [-0.2, 0) is 12.5 Å². The second-order valence-corrected chi connectivity index (χ2v) is 10.2. The predicted octanol–water partition coefficient (Wildman–Crippen LogP) is 9.96. The molecule has 0 aliphatic carbocycles. The molecule has 5 aromatic rings. The average Bonchev–Trinajstić information content (AvgIpc) is 2.98. The van der Waals surface area contributed by atoms with Gasteiger partial charge in [-0.05, 0) is 71.8 Å². The number of ether oxygens (including phenoxy) is 1. The standard InChI is InChI=1S/C34H17F11N2O/c1-2-3-4-17-15-46-32(47-16-17)20-12-27(38)30(28(39)13-20)34(44,45)48-21-5-6-22(25(36)14-21)18-9-19-11-24(35)23(7-8-33(41,42)43)31(40)29(19)26(37)10-18/h2,5-6,9-16H,1,3-4H2. The first-order chi connectivity index (χ1) is 22.6. The third-order valence-corrected chi connectivity index (χ3v) is 6.84. The van der Waals surface area contributed by atoms with Gasteiger partial charge < -0.3 is 4.74 Å². The average molecular weight is 679 g/mol. The van der Waals surface area contributed by atoms with Crippen LogP contribution in [0.2, 0.25) is 0 Å². The number of benzene rings is 4. The number of allylic oxidation sites excluding steroid dienone is 1. The molecule has 0 unspecified atom stereocenters. The lowest BCUT2D eigenvalue weighted by Gasteiger charge is -2.20. The van der Waals surface area contributed by atoms with Crippen LogP contribution in [0.3, 0.4) is 0 Å². The fraction of sp³-hybridized carbons (Fsp3) is 0.118. The van der Waals surface area contributed by atoms with Crippen LogP contribution in [0.25, 0.3) is 33.3 Å². The van der Waals surface area contributed by atoms with E-state index in [1.165, 1.54) is 18.3 Å². The van der Waals surface area contributed by atoms with Gasteiger partial charge in [0.05, 0.1) is 10.9 Å². The largest absolute Gasteiger partial charge is 0.458 e. The Morgan fingerprint density at radius 3 is 2.00 bits per heavy atom. The maximum Gasteiger partial charge on any atom is 0.458 e. The van der Waals surface area contributed by atoms with Crippen LogP contribution in [0, 0.1) is 46.7 Å². The van der Waals surface area contributed by atoms with Crippen molar-refractivity contribution in [3.05, 3.63) is 125 Å². The van der Waals surface area contributed by atoms with Crippen molar-refractivity contribution in [2.75, 3.05) is 0 Å². The minimum Gasteiger partial charge on any atom is -0.429 e. The predicted molar refractivity (Wildman–Crippen MR) is 153 cm³/mol. The number of nitrogens with zero attached hydrogens (tertiary/aromatic N) is 2. The lowest BCUT2D eigenvalue weighted by Crippen LogP contribution is -2.25. The molecule has 0 fully saturated rings. The first kappa shape index (κ1) is 33.9. The fourth-order valence-electron chi connectivity index (χ4n) is 4.69. The van der Waals surface area contributed by atoms with Crippen LogP contribution >= 0.6 is 0 Å². The molecule has 0 saturated heterocycles. The van der Waals surface area contributed by atoms with Crippen molar-refractivity contribution >= 4 is 10.8 Å². The molecule has 0 bridgehead atoms. The molecule has 0 aliphatic rings. The molecule has 14 heteroatoms. The second-order valence-electron chi connectivity index (χ2n) is 10.2. The molecule has 246 valence electrons. The molecule has 0 N–H and O–H groups in total. The van der Waals surface area contributed by atoms with E-state index in [1.807, 2.05) is 0 Å². The zero-order chi connectivity index (χ0) is 35.0. The van der Waals surface area contributed by atoms with E-state index >= 15 is 13.2 Å². The summed E-state index contributed by atoms with van der Waals surface area (Å²) in [7, 11) is 0.